The van der Waals surface area contributed by atoms with E-state index in [1.54, 1.807) is 18.2 Å². The van der Waals surface area contributed by atoms with Crippen molar-refractivity contribution in [2.75, 3.05) is 33.4 Å². The number of hydrogen-bond donors (Lipinski definition) is 2. The smallest absolute Gasteiger partial charge is 0.389 e. The van der Waals surface area contributed by atoms with Crippen molar-refractivity contribution in [3.05, 3.63) is 29.3 Å². The summed E-state index contributed by atoms with van der Waals surface area (Å²) in [5.74, 6) is -0.0997. The van der Waals surface area contributed by atoms with E-state index in [-0.39, 0.29) is 25.0 Å². The molecule has 1 aromatic carbocycles. The molecule has 1 aliphatic heterocycles. The molecule has 0 aliphatic carbocycles. The molecule has 1 saturated heterocycles. The van der Waals surface area contributed by atoms with Gasteiger partial charge in [-0.1, -0.05) is 0 Å². The Bertz CT molecular complexity index is 694. The summed E-state index contributed by atoms with van der Waals surface area (Å²) in [7, 11) is 1.52. The number of amides is 2. The van der Waals surface area contributed by atoms with E-state index in [9.17, 15) is 22.8 Å². The second-order valence-corrected chi connectivity index (χ2v) is 6.82. The fraction of sp³-hybridized carbons (Fsp3) is 0.579. The Balaban J connectivity index is 1.99. The first kappa shape index (κ1) is 22.0. The third-order valence-corrected chi connectivity index (χ3v) is 4.71. The molecule has 2 N–H and O–H groups in total. The molecule has 28 heavy (non-hydrogen) atoms. The molecule has 0 radical (unpaired) electrons. The summed E-state index contributed by atoms with van der Waals surface area (Å²) in [6, 6.07) is 5.01. The zero-order valence-corrected chi connectivity index (χ0v) is 15.7. The SMILES string of the molecule is COc1ccc(C(=O)NCCO)cc1CC1CCN(C(=O)CCC(F)(F)F)C1. The van der Waals surface area contributed by atoms with Crippen LogP contribution in [0.5, 0.6) is 5.75 Å². The number of benzene rings is 1. The van der Waals surface area contributed by atoms with Crippen LogP contribution >= 0.6 is 0 Å². The van der Waals surface area contributed by atoms with Gasteiger partial charge in [-0.05, 0) is 42.5 Å². The highest BCUT2D eigenvalue weighted by Crippen LogP contribution is 2.28. The third-order valence-electron chi connectivity index (χ3n) is 4.71. The van der Waals surface area contributed by atoms with Crippen LogP contribution in [0.1, 0.15) is 35.2 Å². The van der Waals surface area contributed by atoms with Crippen molar-refractivity contribution in [1.82, 2.24) is 10.2 Å². The molecule has 2 amide bonds. The summed E-state index contributed by atoms with van der Waals surface area (Å²) in [6.45, 7) is 0.813. The number of alkyl halides is 3. The van der Waals surface area contributed by atoms with E-state index < -0.39 is 24.9 Å². The van der Waals surface area contributed by atoms with Gasteiger partial charge in [0, 0.05) is 31.6 Å². The molecule has 2 rings (SSSR count). The van der Waals surface area contributed by atoms with Crippen molar-refractivity contribution in [3.63, 3.8) is 0 Å². The van der Waals surface area contributed by atoms with Gasteiger partial charge in [-0.25, -0.2) is 0 Å². The number of rotatable bonds is 8. The van der Waals surface area contributed by atoms with Gasteiger partial charge in [0.25, 0.3) is 5.91 Å². The third kappa shape index (κ3) is 6.40. The van der Waals surface area contributed by atoms with Crippen LogP contribution in [0.4, 0.5) is 13.2 Å². The Hall–Kier alpha value is -2.29. The molecule has 0 spiro atoms. The molecule has 1 aliphatic rings. The van der Waals surface area contributed by atoms with Crippen LogP contribution in [-0.2, 0) is 11.2 Å². The van der Waals surface area contributed by atoms with Gasteiger partial charge in [0.05, 0.1) is 20.1 Å². The molecule has 1 unspecified atom stereocenters. The van der Waals surface area contributed by atoms with Gasteiger partial charge < -0.3 is 20.1 Å². The van der Waals surface area contributed by atoms with Crippen molar-refractivity contribution in [2.24, 2.45) is 5.92 Å². The van der Waals surface area contributed by atoms with Gasteiger partial charge in [-0.3, -0.25) is 9.59 Å². The highest BCUT2D eigenvalue weighted by Gasteiger charge is 2.32. The first-order valence-electron chi connectivity index (χ1n) is 9.14. The molecule has 9 heteroatoms. The number of nitrogens with one attached hydrogen (secondary N) is 1. The van der Waals surface area contributed by atoms with Gasteiger partial charge in [-0.2, -0.15) is 13.2 Å². The van der Waals surface area contributed by atoms with Crippen LogP contribution in [0, 0.1) is 5.92 Å². The number of aliphatic hydroxyl groups excluding tert-OH is 1. The average molecular weight is 402 g/mol. The minimum absolute atomic E-state index is 0.0829. The van der Waals surface area contributed by atoms with Crippen molar-refractivity contribution in [1.29, 1.82) is 0 Å². The largest absolute Gasteiger partial charge is 0.496 e. The molecule has 0 bridgehead atoms. The van der Waals surface area contributed by atoms with E-state index in [1.165, 1.54) is 12.0 Å². The molecule has 1 aromatic rings. The predicted octanol–water partition coefficient (Wildman–Crippen LogP) is 2.15. The second kappa shape index (κ2) is 9.77. The van der Waals surface area contributed by atoms with Gasteiger partial charge in [0.15, 0.2) is 0 Å². The van der Waals surface area contributed by atoms with Crippen LogP contribution in [0.15, 0.2) is 18.2 Å². The number of halogens is 3. The number of hydrogen-bond acceptors (Lipinski definition) is 4. The zero-order chi connectivity index (χ0) is 20.7. The lowest BCUT2D eigenvalue weighted by atomic mass is 9.96. The van der Waals surface area contributed by atoms with E-state index in [2.05, 4.69) is 5.32 Å². The summed E-state index contributed by atoms with van der Waals surface area (Å²) in [6.07, 6.45) is -4.74. The molecule has 0 saturated carbocycles. The highest BCUT2D eigenvalue weighted by atomic mass is 19.4. The Morgan fingerprint density at radius 1 is 1.36 bits per heavy atom. The number of carbonyl (C=O) groups excluding carboxylic acids is 2. The van der Waals surface area contributed by atoms with E-state index >= 15 is 0 Å². The summed E-state index contributed by atoms with van der Waals surface area (Å²) in [5.41, 5.74) is 1.23. The number of methoxy groups -OCH3 is 1. The van der Waals surface area contributed by atoms with E-state index in [0.717, 1.165) is 5.56 Å². The van der Waals surface area contributed by atoms with E-state index in [4.69, 9.17) is 9.84 Å². The van der Waals surface area contributed by atoms with Crippen LogP contribution in [0.3, 0.4) is 0 Å². The Morgan fingerprint density at radius 2 is 2.11 bits per heavy atom. The van der Waals surface area contributed by atoms with E-state index in [1.807, 2.05) is 0 Å². The fourth-order valence-corrected chi connectivity index (χ4v) is 3.29. The van der Waals surface area contributed by atoms with Crippen LogP contribution in [0.25, 0.3) is 0 Å². The monoisotopic (exact) mass is 402 g/mol. The number of ether oxygens (including phenoxy) is 1. The number of nitrogens with zero attached hydrogens (tertiary/aromatic N) is 1. The van der Waals surface area contributed by atoms with Crippen LogP contribution in [0.2, 0.25) is 0 Å². The number of aliphatic hydroxyl groups is 1. The van der Waals surface area contributed by atoms with Crippen molar-refractivity contribution >= 4 is 11.8 Å². The molecule has 1 atom stereocenters. The Kier molecular flexibility index (Phi) is 7.68. The van der Waals surface area contributed by atoms with Gasteiger partial charge >= 0.3 is 6.18 Å². The summed E-state index contributed by atoms with van der Waals surface area (Å²) in [5, 5.41) is 11.4. The summed E-state index contributed by atoms with van der Waals surface area (Å²) < 4.78 is 42.2. The molecular formula is C19H25F3N2O4. The van der Waals surface area contributed by atoms with E-state index in [0.29, 0.717) is 37.2 Å². The number of carbonyl (C=O) groups is 2. The normalized spacial score (nSPS) is 16.9. The molecule has 156 valence electrons. The fourth-order valence-electron chi connectivity index (χ4n) is 3.29. The topological polar surface area (TPSA) is 78.9 Å². The van der Waals surface area contributed by atoms with Crippen molar-refractivity contribution in [2.45, 2.75) is 31.9 Å². The minimum Gasteiger partial charge on any atom is -0.496 e. The lowest BCUT2D eigenvalue weighted by molar-refractivity contribution is -0.148. The second-order valence-electron chi connectivity index (χ2n) is 6.82. The standard InChI is InChI=1S/C19H25F3N2O4/c1-28-16-3-2-14(18(27)23-7-9-25)11-15(16)10-13-5-8-24(12-13)17(26)4-6-19(20,21)22/h2-3,11,13,25H,4-10,12H2,1H3,(H,23,27). The summed E-state index contributed by atoms with van der Waals surface area (Å²) in [4.78, 5) is 25.5. The van der Waals surface area contributed by atoms with Gasteiger partial charge in [-0.15, -0.1) is 0 Å². The number of likely N-dealkylation sites (tertiary alicyclic amines) is 1. The van der Waals surface area contributed by atoms with Crippen LogP contribution < -0.4 is 10.1 Å². The predicted molar refractivity (Wildman–Crippen MR) is 96.1 cm³/mol. The molecule has 1 fully saturated rings. The highest BCUT2D eigenvalue weighted by molar-refractivity contribution is 5.94. The average Bonchev–Trinajstić information content (AvgIpc) is 3.12. The Morgan fingerprint density at radius 3 is 2.75 bits per heavy atom. The first-order chi connectivity index (χ1) is 13.2. The van der Waals surface area contributed by atoms with Gasteiger partial charge in [0.2, 0.25) is 5.91 Å². The van der Waals surface area contributed by atoms with Gasteiger partial charge in [0.1, 0.15) is 5.75 Å². The minimum atomic E-state index is -4.33. The molecular weight excluding hydrogens is 377 g/mol. The lowest BCUT2D eigenvalue weighted by Gasteiger charge is -2.18. The summed E-state index contributed by atoms with van der Waals surface area (Å²) >= 11 is 0. The van der Waals surface area contributed by atoms with Crippen molar-refractivity contribution < 1.29 is 32.6 Å². The maximum atomic E-state index is 12.3. The maximum Gasteiger partial charge on any atom is 0.389 e. The van der Waals surface area contributed by atoms with Crippen LogP contribution in [-0.4, -0.2) is 61.3 Å². The molecule has 0 aromatic heterocycles. The maximum absolute atomic E-state index is 12.3. The lowest BCUT2D eigenvalue weighted by Crippen LogP contribution is -2.30. The quantitative estimate of drug-likeness (QED) is 0.699. The van der Waals surface area contributed by atoms with Crippen molar-refractivity contribution in [3.8, 4) is 5.75 Å². The molecule has 6 nitrogen and oxygen atoms in total. The zero-order valence-electron chi connectivity index (χ0n) is 15.7. The molecule has 1 heterocycles. The Labute approximate surface area is 161 Å². The first-order valence-corrected chi connectivity index (χ1v) is 9.14.